The Hall–Kier alpha value is -0.250. The van der Waals surface area contributed by atoms with Gasteiger partial charge in [0.15, 0.2) is 0 Å². The van der Waals surface area contributed by atoms with Gasteiger partial charge in [0.2, 0.25) is 7.37 Å². The van der Waals surface area contributed by atoms with E-state index < -0.39 is 7.37 Å². The lowest BCUT2D eigenvalue weighted by Gasteiger charge is -2.36. The first-order valence-corrected chi connectivity index (χ1v) is 6.35. The molecule has 1 heterocycles. The van der Waals surface area contributed by atoms with Crippen molar-refractivity contribution in [2.45, 2.75) is 26.4 Å². The zero-order chi connectivity index (χ0) is 9.41. The minimum Gasteiger partial charge on any atom is -0.325 e. The molecule has 0 radical (unpaired) electrons. The lowest BCUT2D eigenvalue weighted by atomic mass is 9.88. The second-order valence-corrected chi connectivity index (χ2v) is 6.55. The minimum atomic E-state index is -2.42. The van der Waals surface area contributed by atoms with Crippen LogP contribution in [0.2, 0.25) is 0 Å². The normalized spacial score (nSPS) is 48.3. The van der Waals surface area contributed by atoms with Gasteiger partial charge in [0.25, 0.3) is 0 Å². The number of hydrogen-bond acceptors (Lipinski definition) is 2. The van der Waals surface area contributed by atoms with Crippen molar-refractivity contribution in [3.8, 4) is 12.3 Å². The highest BCUT2D eigenvalue weighted by atomic mass is 31.2. The molecule has 3 atom stereocenters. The van der Waals surface area contributed by atoms with Crippen LogP contribution in [0, 0.1) is 17.8 Å². The number of rotatable bonds is 0. The van der Waals surface area contributed by atoms with Crippen molar-refractivity contribution in [2.75, 3.05) is 12.8 Å². The van der Waals surface area contributed by atoms with Gasteiger partial charge in [0.1, 0.15) is 0 Å². The fraction of sp³-hybridized carbons (Fsp3) is 0.778. The van der Waals surface area contributed by atoms with E-state index in [9.17, 15) is 4.57 Å². The molecule has 0 aromatic rings. The van der Waals surface area contributed by atoms with Gasteiger partial charge >= 0.3 is 0 Å². The summed E-state index contributed by atoms with van der Waals surface area (Å²) in [6, 6.07) is 0. The highest BCUT2D eigenvalue weighted by Crippen LogP contribution is 2.54. The van der Waals surface area contributed by atoms with Crippen LogP contribution in [0.15, 0.2) is 0 Å². The van der Waals surface area contributed by atoms with Crippen molar-refractivity contribution in [2.24, 2.45) is 5.41 Å². The molecule has 0 spiro atoms. The summed E-state index contributed by atoms with van der Waals surface area (Å²) in [5, 5.41) is 0. The monoisotopic (exact) mass is 186 g/mol. The van der Waals surface area contributed by atoms with Gasteiger partial charge in [-0.25, -0.2) is 0 Å². The minimum absolute atomic E-state index is 0.0237. The molecular weight excluding hydrogens is 171 g/mol. The molecule has 0 N–H and O–H groups in total. The van der Waals surface area contributed by atoms with E-state index in [0.29, 0.717) is 6.16 Å². The summed E-state index contributed by atoms with van der Waals surface area (Å²) in [6.07, 6.45) is 6.74. The molecule has 12 heavy (non-hydrogen) atoms. The molecule has 0 amide bonds. The van der Waals surface area contributed by atoms with E-state index in [-0.39, 0.29) is 11.5 Å². The van der Waals surface area contributed by atoms with Crippen LogP contribution in [-0.4, -0.2) is 18.9 Å². The molecule has 3 unspecified atom stereocenters. The van der Waals surface area contributed by atoms with Gasteiger partial charge in [-0.3, -0.25) is 4.57 Å². The molecule has 68 valence electrons. The van der Waals surface area contributed by atoms with Crippen molar-refractivity contribution in [1.82, 2.24) is 0 Å². The molecule has 0 aromatic heterocycles. The van der Waals surface area contributed by atoms with E-state index in [1.807, 2.05) is 13.8 Å². The Balaban J connectivity index is 2.86. The fourth-order valence-corrected chi connectivity index (χ4v) is 4.29. The van der Waals surface area contributed by atoms with Gasteiger partial charge in [-0.15, -0.1) is 6.42 Å². The quantitative estimate of drug-likeness (QED) is 0.428. The van der Waals surface area contributed by atoms with Gasteiger partial charge < -0.3 is 4.52 Å². The highest BCUT2D eigenvalue weighted by molar-refractivity contribution is 7.58. The summed E-state index contributed by atoms with van der Waals surface area (Å²) in [5.41, 5.74) is -0.234. The van der Waals surface area contributed by atoms with Crippen molar-refractivity contribution < 1.29 is 9.09 Å². The van der Waals surface area contributed by atoms with Gasteiger partial charge in [0.05, 0.1) is 6.10 Å². The summed E-state index contributed by atoms with van der Waals surface area (Å²) in [6.45, 7) is 5.56. The first kappa shape index (κ1) is 9.84. The molecule has 1 fully saturated rings. The average molecular weight is 186 g/mol. The van der Waals surface area contributed by atoms with E-state index in [2.05, 4.69) is 5.92 Å². The third kappa shape index (κ3) is 2.12. The Labute approximate surface area is 74.1 Å². The van der Waals surface area contributed by atoms with E-state index in [0.717, 1.165) is 6.42 Å². The first-order chi connectivity index (χ1) is 5.37. The van der Waals surface area contributed by atoms with Crippen LogP contribution in [0.25, 0.3) is 0 Å². The molecule has 0 saturated carbocycles. The third-order valence-electron chi connectivity index (χ3n) is 2.13. The Morgan fingerprint density at radius 3 is 2.75 bits per heavy atom. The smallest absolute Gasteiger partial charge is 0.201 e. The molecule has 2 nitrogen and oxygen atoms in total. The Morgan fingerprint density at radius 2 is 2.33 bits per heavy atom. The van der Waals surface area contributed by atoms with Crippen molar-refractivity contribution in [1.29, 1.82) is 0 Å². The largest absolute Gasteiger partial charge is 0.325 e. The van der Waals surface area contributed by atoms with Crippen LogP contribution >= 0.6 is 7.37 Å². The second kappa shape index (κ2) is 2.91. The van der Waals surface area contributed by atoms with Crippen LogP contribution in [-0.2, 0) is 9.09 Å². The number of hydrogen-bond donors (Lipinski definition) is 0. The van der Waals surface area contributed by atoms with Gasteiger partial charge in [-0.05, 0) is 20.3 Å². The molecule has 1 saturated heterocycles. The van der Waals surface area contributed by atoms with Gasteiger partial charge in [-0.1, -0.05) is 5.92 Å². The SMILES string of the molecule is C#CC1(C)CC(C)OP(C)(=O)C1. The Kier molecular flexibility index (Phi) is 2.38. The van der Waals surface area contributed by atoms with Gasteiger partial charge in [0, 0.05) is 18.2 Å². The predicted octanol–water partition coefficient (Wildman–Crippen LogP) is 2.34. The maximum atomic E-state index is 11.7. The Morgan fingerprint density at radius 1 is 1.75 bits per heavy atom. The summed E-state index contributed by atoms with van der Waals surface area (Å²) in [7, 11) is -2.42. The van der Waals surface area contributed by atoms with Crippen molar-refractivity contribution >= 4 is 7.37 Å². The van der Waals surface area contributed by atoms with Crippen molar-refractivity contribution in [3.05, 3.63) is 0 Å². The summed E-state index contributed by atoms with van der Waals surface area (Å²) < 4.78 is 17.0. The van der Waals surface area contributed by atoms with Crippen LogP contribution < -0.4 is 0 Å². The molecule has 0 aliphatic carbocycles. The third-order valence-corrected chi connectivity index (χ3v) is 4.20. The van der Waals surface area contributed by atoms with Gasteiger partial charge in [-0.2, -0.15) is 0 Å². The van der Waals surface area contributed by atoms with Crippen molar-refractivity contribution in [3.63, 3.8) is 0 Å². The van der Waals surface area contributed by atoms with Crippen LogP contribution in [0.5, 0.6) is 0 Å². The summed E-state index contributed by atoms with van der Waals surface area (Å²) in [5.74, 6) is 2.71. The standard InChI is InChI=1S/C9H15O2P/c1-5-9(3)6-8(2)11-12(4,10)7-9/h1,8H,6-7H2,2-4H3. The lowest BCUT2D eigenvalue weighted by molar-refractivity contribution is 0.151. The zero-order valence-electron chi connectivity index (χ0n) is 7.83. The fourth-order valence-electron chi connectivity index (χ4n) is 1.89. The zero-order valence-corrected chi connectivity index (χ0v) is 8.73. The highest BCUT2D eigenvalue weighted by Gasteiger charge is 2.39. The van der Waals surface area contributed by atoms with E-state index in [1.165, 1.54) is 0 Å². The topological polar surface area (TPSA) is 26.3 Å². The van der Waals surface area contributed by atoms with E-state index in [4.69, 9.17) is 10.9 Å². The molecular formula is C9H15O2P. The second-order valence-electron chi connectivity index (χ2n) is 4.00. The molecule has 1 rings (SSSR count). The van der Waals surface area contributed by atoms with E-state index in [1.54, 1.807) is 6.66 Å². The first-order valence-electron chi connectivity index (χ1n) is 4.10. The predicted molar refractivity (Wildman–Crippen MR) is 50.5 cm³/mol. The number of terminal acetylenes is 1. The maximum absolute atomic E-state index is 11.7. The molecule has 1 aliphatic heterocycles. The van der Waals surface area contributed by atoms with Crippen LogP contribution in [0.3, 0.4) is 0 Å². The lowest BCUT2D eigenvalue weighted by Crippen LogP contribution is -2.31. The Bertz CT molecular complexity index is 266. The maximum Gasteiger partial charge on any atom is 0.201 e. The average Bonchev–Trinajstić information content (AvgIpc) is 1.82. The summed E-state index contributed by atoms with van der Waals surface area (Å²) >= 11 is 0. The molecule has 1 aliphatic rings. The summed E-state index contributed by atoms with van der Waals surface area (Å²) in [4.78, 5) is 0. The molecule has 0 aromatic carbocycles. The van der Waals surface area contributed by atoms with Crippen LogP contribution in [0.1, 0.15) is 20.3 Å². The van der Waals surface area contributed by atoms with Crippen LogP contribution in [0.4, 0.5) is 0 Å². The van der Waals surface area contributed by atoms with E-state index >= 15 is 0 Å². The molecule has 3 heteroatoms. The molecule has 0 bridgehead atoms.